The van der Waals surface area contributed by atoms with E-state index in [-0.39, 0.29) is 16.9 Å². The lowest BCUT2D eigenvalue weighted by atomic mass is 10.2. The highest BCUT2D eigenvalue weighted by molar-refractivity contribution is 9.10. The number of rotatable bonds is 3. The maximum absolute atomic E-state index is 13.8. The van der Waals surface area contributed by atoms with Gasteiger partial charge in [0.05, 0.1) is 5.56 Å². The highest BCUT2D eigenvalue weighted by Crippen LogP contribution is 2.27. The Balaban J connectivity index is 2.13. The van der Waals surface area contributed by atoms with E-state index in [1.807, 2.05) is 0 Å². The zero-order valence-electron chi connectivity index (χ0n) is 10.4. The third-order valence-corrected chi connectivity index (χ3v) is 3.26. The van der Waals surface area contributed by atoms with E-state index in [1.165, 1.54) is 16.9 Å². The molecule has 2 heterocycles. The van der Waals surface area contributed by atoms with Gasteiger partial charge in [0.2, 0.25) is 0 Å². The normalized spacial score (nSPS) is 10.8. The van der Waals surface area contributed by atoms with Crippen molar-refractivity contribution in [1.82, 2.24) is 9.78 Å². The molecule has 7 heteroatoms. The highest BCUT2D eigenvalue weighted by atomic mass is 79.9. The van der Waals surface area contributed by atoms with Crippen LogP contribution in [0.4, 0.5) is 8.78 Å². The first-order chi connectivity index (χ1) is 10.1. The van der Waals surface area contributed by atoms with Gasteiger partial charge < -0.3 is 4.42 Å². The Bertz CT molecular complexity index is 826. The second-order valence-corrected chi connectivity index (χ2v) is 4.98. The zero-order valence-corrected chi connectivity index (χ0v) is 12.0. The minimum atomic E-state index is -0.776. The fourth-order valence-electron chi connectivity index (χ4n) is 1.90. The van der Waals surface area contributed by atoms with Crippen LogP contribution >= 0.6 is 15.9 Å². The summed E-state index contributed by atoms with van der Waals surface area (Å²) in [6.07, 6.45) is 1.95. The first-order valence-corrected chi connectivity index (χ1v) is 6.64. The van der Waals surface area contributed by atoms with E-state index < -0.39 is 11.6 Å². The Morgan fingerprint density at radius 1 is 1.24 bits per heavy atom. The van der Waals surface area contributed by atoms with E-state index in [4.69, 9.17) is 4.42 Å². The number of hydrogen-bond donors (Lipinski definition) is 0. The van der Waals surface area contributed by atoms with Gasteiger partial charge >= 0.3 is 0 Å². The van der Waals surface area contributed by atoms with Crippen LogP contribution in [0.1, 0.15) is 10.4 Å². The van der Waals surface area contributed by atoms with Crippen molar-refractivity contribution < 1.29 is 18.0 Å². The van der Waals surface area contributed by atoms with E-state index in [9.17, 15) is 13.6 Å². The molecule has 21 heavy (non-hydrogen) atoms. The average Bonchev–Trinajstić information content (AvgIpc) is 3.04. The highest BCUT2D eigenvalue weighted by Gasteiger charge is 2.16. The molecular formula is C14H7BrF2N2O2. The van der Waals surface area contributed by atoms with E-state index in [0.29, 0.717) is 16.7 Å². The van der Waals surface area contributed by atoms with Crippen molar-refractivity contribution >= 4 is 22.2 Å². The van der Waals surface area contributed by atoms with Gasteiger partial charge in [0, 0.05) is 12.3 Å². The van der Waals surface area contributed by atoms with E-state index in [1.54, 1.807) is 12.1 Å². The Morgan fingerprint density at radius 3 is 2.67 bits per heavy atom. The number of hydrogen-bond acceptors (Lipinski definition) is 3. The molecule has 0 aliphatic rings. The molecule has 0 radical (unpaired) electrons. The number of carbonyl (C=O) groups is 1. The van der Waals surface area contributed by atoms with Gasteiger partial charge in [-0.05, 0) is 40.2 Å². The second kappa shape index (κ2) is 5.25. The Labute approximate surface area is 126 Å². The lowest BCUT2D eigenvalue weighted by Crippen LogP contribution is -1.99. The minimum absolute atomic E-state index is 0.0383. The summed E-state index contributed by atoms with van der Waals surface area (Å²) in [5, 5.41) is 4.13. The molecule has 0 aliphatic carbocycles. The Morgan fingerprint density at radius 2 is 2.05 bits per heavy atom. The first kappa shape index (κ1) is 13.7. The number of benzene rings is 1. The van der Waals surface area contributed by atoms with Crippen molar-refractivity contribution in [3.8, 4) is 17.1 Å². The molecule has 1 aromatic carbocycles. The molecule has 0 aliphatic heterocycles. The van der Waals surface area contributed by atoms with Gasteiger partial charge in [0.1, 0.15) is 17.2 Å². The molecule has 0 spiro atoms. The third kappa shape index (κ3) is 2.52. The molecule has 4 nitrogen and oxygen atoms in total. The molecule has 2 aromatic heterocycles. The van der Waals surface area contributed by atoms with Crippen LogP contribution in [0.2, 0.25) is 0 Å². The zero-order chi connectivity index (χ0) is 15.0. The molecule has 0 saturated heterocycles. The monoisotopic (exact) mass is 352 g/mol. The lowest BCUT2D eigenvalue weighted by molar-refractivity contribution is 0.112. The Hall–Kier alpha value is -2.28. The van der Waals surface area contributed by atoms with Crippen LogP contribution in [0.3, 0.4) is 0 Å². The molecule has 0 N–H and O–H groups in total. The summed E-state index contributed by atoms with van der Waals surface area (Å²) in [6, 6.07) is 6.39. The van der Waals surface area contributed by atoms with E-state index in [2.05, 4.69) is 21.0 Å². The molecule has 106 valence electrons. The maximum atomic E-state index is 13.8. The van der Waals surface area contributed by atoms with Gasteiger partial charge in [-0.15, -0.1) is 0 Å². The summed E-state index contributed by atoms with van der Waals surface area (Å²) in [6.45, 7) is 0. The summed E-state index contributed by atoms with van der Waals surface area (Å²) < 4.78 is 33.7. The van der Waals surface area contributed by atoms with Crippen LogP contribution in [-0.4, -0.2) is 16.1 Å². The number of halogens is 3. The van der Waals surface area contributed by atoms with Crippen LogP contribution < -0.4 is 0 Å². The standard InChI is InChI=1S/C14H7BrF2N2O2/c15-13-4-3-12(21-13)14-8(7-20)6-19(18-14)11-2-1-9(16)5-10(11)17/h1-7H. The van der Waals surface area contributed by atoms with Gasteiger partial charge in [-0.1, -0.05) is 0 Å². The van der Waals surface area contributed by atoms with Crippen molar-refractivity contribution in [2.24, 2.45) is 0 Å². The molecule has 0 atom stereocenters. The van der Waals surface area contributed by atoms with Crippen molar-refractivity contribution in [3.05, 3.63) is 58.4 Å². The summed E-state index contributed by atoms with van der Waals surface area (Å²) in [4.78, 5) is 11.1. The number of aromatic nitrogens is 2. The van der Waals surface area contributed by atoms with Crippen molar-refractivity contribution in [2.45, 2.75) is 0 Å². The molecule has 3 rings (SSSR count). The Kier molecular flexibility index (Phi) is 3.42. The van der Waals surface area contributed by atoms with Gasteiger partial charge in [0.15, 0.2) is 22.5 Å². The van der Waals surface area contributed by atoms with Crippen LogP contribution in [0.25, 0.3) is 17.1 Å². The number of carbonyl (C=O) groups excluding carboxylic acids is 1. The molecule has 0 bridgehead atoms. The summed E-state index contributed by atoms with van der Waals surface area (Å²) in [5.41, 5.74) is 0.552. The number of aldehydes is 1. The number of furan rings is 1. The van der Waals surface area contributed by atoms with E-state index >= 15 is 0 Å². The predicted molar refractivity (Wildman–Crippen MR) is 74.3 cm³/mol. The predicted octanol–water partition coefficient (Wildman–Crippen LogP) is 3.99. The largest absolute Gasteiger partial charge is 0.448 e. The van der Waals surface area contributed by atoms with Crippen LogP contribution in [0.15, 0.2) is 45.6 Å². The molecule has 3 aromatic rings. The molecule has 0 fully saturated rings. The molecular weight excluding hydrogens is 346 g/mol. The van der Waals surface area contributed by atoms with Crippen molar-refractivity contribution in [1.29, 1.82) is 0 Å². The molecule has 0 unspecified atom stereocenters. The molecule has 0 amide bonds. The minimum Gasteiger partial charge on any atom is -0.448 e. The topological polar surface area (TPSA) is 48.0 Å². The number of nitrogens with zero attached hydrogens (tertiary/aromatic N) is 2. The van der Waals surface area contributed by atoms with Crippen molar-refractivity contribution in [2.75, 3.05) is 0 Å². The fraction of sp³-hybridized carbons (Fsp3) is 0. The first-order valence-electron chi connectivity index (χ1n) is 5.84. The van der Waals surface area contributed by atoms with Crippen molar-refractivity contribution in [3.63, 3.8) is 0 Å². The van der Waals surface area contributed by atoms with Gasteiger partial charge in [0.25, 0.3) is 0 Å². The second-order valence-electron chi connectivity index (χ2n) is 4.19. The summed E-state index contributed by atoms with van der Waals surface area (Å²) >= 11 is 3.16. The third-order valence-electron chi connectivity index (χ3n) is 2.83. The quantitative estimate of drug-likeness (QED) is 0.669. The van der Waals surface area contributed by atoms with Gasteiger partial charge in [-0.3, -0.25) is 4.79 Å². The maximum Gasteiger partial charge on any atom is 0.169 e. The van der Waals surface area contributed by atoms with Gasteiger partial charge in [-0.25, -0.2) is 13.5 Å². The van der Waals surface area contributed by atoms with Crippen LogP contribution in [-0.2, 0) is 0 Å². The SMILES string of the molecule is O=Cc1cn(-c2ccc(F)cc2F)nc1-c1ccc(Br)o1. The fourth-order valence-corrected chi connectivity index (χ4v) is 2.20. The summed E-state index contributed by atoms with van der Waals surface area (Å²) in [7, 11) is 0. The van der Waals surface area contributed by atoms with Gasteiger partial charge in [-0.2, -0.15) is 5.10 Å². The molecule has 0 saturated carbocycles. The smallest absolute Gasteiger partial charge is 0.169 e. The van der Waals surface area contributed by atoms with Crippen LogP contribution in [0, 0.1) is 11.6 Å². The average molecular weight is 353 g/mol. The lowest BCUT2D eigenvalue weighted by Gasteiger charge is -2.02. The van der Waals surface area contributed by atoms with Crippen LogP contribution in [0.5, 0.6) is 0 Å². The summed E-state index contributed by atoms with van der Waals surface area (Å²) in [5.74, 6) is -1.10. The van der Waals surface area contributed by atoms with E-state index in [0.717, 1.165) is 12.1 Å².